The molecule has 0 bridgehead atoms. The molecule has 0 atom stereocenters. The molecule has 1 aromatic heterocycles. The molecule has 3 rings (SSSR count). The summed E-state index contributed by atoms with van der Waals surface area (Å²) in [7, 11) is 2.75. The van der Waals surface area contributed by atoms with E-state index in [1.54, 1.807) is 31.2 Å². The topological polar surface area (TPSA) is 115 Å². The highest BCUT2D eigenvalue weighted by atomic mass is 16.2. The van der Waals surface area contributed by atoms with E-state index in [-0.39, 0.29) is 17.2 Å². The lowest BCUT2D eigenvalue weighted by atomic mass is 10.2. The van der Waals surface area contributed by atoms with Crippen LogP contribution in [0.1, 0.15) is 6.92 Å². The molecule has 0 saturated carbocycles. The fraction of sp³-hybridized carbons (Fsp3) is 0.188. The Balaban J connectivity index is 2.13. The molecule has 0 unspecified atom stereocenters. The average Bonchev–Trinajstić information content (AvgIpc) is 2.90. The monoisotopic (exact) mass is 340 g/mol. The minimum Gasteiger partial charge on any atom is -0.383 e. The Bertz CT molecular complexity index is 1050. The highest BCUT2D eigenvalue weighted by Crippen LogP contribution is 2.21. The molecule has 25 heavy (non-hydrogen) atoms. The van der Waals surface area contributed by atoms with Crippen LogP contribution in [-0.2, 0) is 18.9 Å². The molecule has 0 radical (unpaired) electrons. The number of hydrazone groups is 1. The number of anilines is 2. The summed E-state index contributed by atoms with van der Waals surface area (Å²) in [5, 5.41) is 5.40. The van der Waals surface area contributed by atoms with E-state index in [4.69, 9.17) is 5.73 Å². The summed E-state index contributed by atoms with van der Waals surface area (Å²) in [6, 6.07) is 8.85. The lowest BCUT2D eigenvalue weighted by Crippen LogP contribution is -2.38. The van der Waals surface area contributed by atoms with Crippen LogP contribution < -0.4 is 22.0 Å². The standard InChI is InChI=1S/C16H16N6O3/c1-9-11(15(24)22(19-9)10-7-5-4-6-8-10)18-12-13(17)20(2)16(25)21(3)14(12)23/h4-8H,17H2,1-3H3. The number of amides is 1. The average molecular weight is 340 g/mol. The third-order valence-corrected chi connectivity index (χ3v) is 3.90. The summed E-state index contributed by atoms with van der Waals surface area (Å²) in [5.41, 5.74) is 5.37. The second-order valence-corrected chi connectivity index (χ2v) is 5.54. The van der Waals surface area contributed by atoms with Crippen molar-refractivity contribution in [3.8, 4) is 0 Å². The van der Waals surface area contributed by atoms with E-state index in [1.807, 2.05) is 6.07 Å². The van der Waals surface area contributed by atoms with E-state index in [1.165, 1.54) is 19.1 Å². The Morgan fingerprint density at radius 3 is 2.32 bits per heavy atom. The van der Waals surface area contributed by atoms with Crippen molar-refractivity contribution in [3.63, 3.8) is 0 Å². The summed E-state index contributed by atoms with van der Waals surface area (Å²) in [5.74, 6) is -0.585. The van der Waals surface area contributed by atoms with E-state index in [2.05, 4.69) is 10.1 Å². The Kier molecular flexibility index (Phi) is 3.84. The van der Waals surface area contributed by atoms with Crippen LogP contribution >= 0.6 is 0 Å². The molecule has 1 amide bonds. The van der Waals surface area contributed by atoms with Gasteiger partial charge in [-0.2, -0.15) is 10.1 Å². The first-order chi connectivity index (χ1) is 11.8. The maximum atomic E-state index is 12.6. The molecule has 1 aliphatic rings. The fourth-order valence-electron chi connectivity index (χ4n) is 2.43. The van der Waals surface area contributed by atoms with Crippen LogP contribution in [-0.4, -0.2) is 26.5 Å². The number of nitrogen functional groups attached to an aromatic ring is 1. The minimum atomic E-state index is -0.674. The van der Waals surface area contributed by atoms with Crippen molar-refractivity contribution in [2.24, 2.45) is 24.2 Å². The fourth-order valence-corrected chi connectivity index (χ4v) is 2.43. The van der Waals surface area contributed by atoms with Crippen molar-refractivity contribution in [2.45, 2.75) is 6.92 Å². The second kappa shape index (κ2) is 5.86. The number of hydrogen-bond donors (Lipinski definition) is 1. The number of rotatable bonds is 2. The molecule has 1 aromatic carbocycles. The molecule has 2 heterocycles. The SMILES string of the molecule is CC1=NN(c2ccccc2)C(=O)C1=Nc1c(N)n(C)c(=O)n(C)c1=O. The number of hydrogen-bond acceptors (Lipinski definition) is 6. The van der Waals surface area contributed by atoms with Crippen molar-refractivity contribution >= 4 is 34.5 Å². The first-order valence-electron chi connectivity index (χ1n) is 7.42. The van der Waals surface area contributed by atoms with Gasteiger partial charge in [-0.3, -0.25) is 18.7 Å². The van der Waals surface area contributed by atoms with Gasteiger partial charge in [-0.25, -0.2) is 9.79 Å². The summed E-state index contributed by atoms with van der Waals surface area (Å²) in [4.78, 5) is 41.0. The zero-order valence-electron chi connectivity index (χ0n) is 13.9. The van der Waals surface area contributed by atoms with E-state index in [0.29, 0.717) is 11.4 Å². The predicted octanol–water partition coefficient (Wildman–Crippen LogP) is 0.161. The number of carbonyl (C=O) groups excluding carboxylic acids is 1. The van der Waals surface area contributed by atoms with Gasteiger partial charge in [0, 0.05) is 14.1 Å². The molecule has 0 fully saturated rings. The highest BCUT2D eigenvalue weighted by molar-refractivity contribution is 6.71. The molecule has 128 valence electrons. The van der Waals surface area contributed by atoms with Crippen molar-refractivity contribution in [3.05, 3.63) is 51.2 Å². The molecule has 0 saturated heterocycles. The van der Waals surface area contributed by atoms with Crippen LogP contribution in [0.5, 0.6) is 0 Å². The molecular formula is C16H16N6O3. The van der Waals surface area contributed by atoms with Gasteiger partial charge in [-0.1, -0.05) is 18.2 Å². The predicted molar refractivity (Wildman–Crippen MR) is 95.5 cm³/mol. The van der Waals surface area contributed by atoms with Crippen LogP contribution in [0.4, 0.5) is 17.2 Å². The van der Waals surface area contributed by atoms with Crippen LogP contribution in [0.2, 0.25) is 0 Å². The molecule has 0 spiro atoms. The zero-order valence-corrected chi connectivity index (χ0v) is 13.9. The van der Waals surface area contributed by atoms with Crippen LogP contribution in [0.25, 0.3) is 0 Å². The molecule has 9 nitrogen and oxygen atoms in total. The Morgan fingerprint density at radius 2 is 1.68 bits per heavy atom. The van der Waals surface area contributed by atoms with Crippen molar-refractivity contribution < 1.29 is 4.79 Å². The van der Waals surface area contributed by atoms with E-state index < -0.39 is 17.2 Å². The smallest absolute Gasteiger partial charge is 0.332 e. The molecule has 2 N–H and O–H groups in total. The first-order valence-corrected chi connectivity index (χ1v) is 7.42. The Morgan fingerprint density at radius 1 is 1.04 bits per heavy atom. The number of para-hydroxylation sites is 1. The first kappa shape index (κ1) is 16.4. The quantitative estimate of drug-likeness (QED) is 0.838. The molecule has 0 aliphatic carbocycles. The normalized spacial score (nSPS) is 15.8. The molecular weight excluding hydrogens is 324 g/mol. The summed E-state index contributed by atoms with van der Waals surface area (Å²) in [6.07, 6.45) is 0. The zero-order chi connectivity index (χ0) is 18.3. The number of carbonyl (C=O) groups is 1. The molecule has 1 aliphatic heterocycles. The number of benzene rings is 1. The van der Waals surface area contributed by atoms with Crippen molar-refractivity contribution in [1.82, 2.24) is 9.13 Å². The van der Waals surface area contributed by atoms with E-state index in [0.717, 1.165) is 9.13 Å². The maximum Gasteiger partial charge on any atom is 0.332 e. The van der Waals surface area contributed by atoms with E-state index in [9.17, 15) is 14.4 Å². The summed E-state index contributed by atoms with van der Waals surface area (Å²) in [6.45, 7) is 1.61. The van der Waals surface area contributed by atoms with Gasteiger partial charge >= 0.3 is 5.69 Å². The lowest BCUT2D eigenvalue weighted by Gasteiger charge is -2.11. The third kappa shape index (κ3) is 2.55. The van der Waals surface area contributed by atoms with Gasteiger partial charge in [-0.05, 0) is 19.1 Å². The highest BCUT2D eigenvalue weighted by Gasteiger charge is 2.31. The lowest BCUT2D eigenvalue weighted by molar-refractivity contribution is -0.112. The van der Waals surface area contributed by atoms with Crippen LogP contribution in [0.15, 0.2) is 50.0 Å². The number of nitrogens with zero attached hydrogens (tertiary/aromatic N) is 5. The summed E-state index contributed by atoms with van der Waals surface area (Å²) >= 11 is 0. The van der Waals surface area contributed by atoms with Gasteiger partial charge in [-0.15, -0.1) is 0 Å². The van der Waals surface area contributed by atoms with Gasteiger partial charge in [0.25, 0.3) is 11.5 Å². The van der Waals surface area contributed by atoms with Crippen molar-refractivity contribution in [2.75, 3.05) is 10.7 Å². The minimum absolute atomic E-state index is 0.00584. The Hall–Kier alpha value is -3.49. The number of aromatic nitrogens is 2. The van der Waals surface area contributed by atoms with E-state index >= 15 is 0 Å². The molecule has 9 heteroatoms. The van der Waals surface area contributed by atoms with Gasteiger partial charge in [0.05, 0.1) is 11.4 Å². The van der Waals surface area contributed by atoms with Crippen molar-refractivity contribution in [1.29, 1.82) is 0 Å². The van der Waals surface area contributed by atoms with Gasteiger partial charge < -0.3 is 5.73 Å². The summed E-state index contributed by atoms with van der Waals surface area (Å²) < 4.78 is 1.98. The van der Waals surface area contributed by atoms with Gasteiger partial charge in [0.2, 0.25) is 0 Å². The number of nitrogens with two attached hydrogens (primary N) is 1. The third-order valence-electron chi connectivity index (χ3n) is 3.90. The maximum absolute atomic E-state index is 12.6. The molecule has 2 aromatic rings. The van der Waals surface area contributed by atoms with Gasteiger partial charge in [0.1, 0.15) is 5.82 Å². The second-order valence-electron chi connectivity index (χ2n) is 5.54. The Labute approximate surface area is 142 Å². The van der Waals surface area contributed by atoms with Crippen LogP contribution in [0, 0.1) is 0 Å². The van der Waals surface area contributed by atoms with Gasteiger partial charge in [0.15, 0.2) is 11.4 Å². The van der Waals surface area contributed by atoms with Crippen LogP contribution in [0.3, 0.4) is 0 Å². The number of aliphatic imine (C=N–C) groups is 1. The largest absolute Gasteiger partial charge is 0.383 e.